The molecule has 6 aromatic carbocycles. The first-order valence-corrected chi connectivity index (χ1v) is 11.2. The van der Waals surface area contributed by atoms with Crippen molar-refractivity contribution in [3.05, 3.63) is 133 Å². The second kappa shape index (κ2) is 8.29. The number of hydrogen-bond donors (Lipinski definition) is 0. The van der Waals surface area contributed by atoms with Gasteiger partial charge in [0.2, 0.25) is 0 Å². The summed E-state index contributed by atoms with van der Waals surface area (Å²) in [7, 11) is 0. The van der Waals surface area contributed by atoms with Gasteiger partial charge in [-0.15, -0.1) is 0 Å². The molecule has 0 spiro atoms. The van der Waals surface area contributed by atoms with E-state index in [0.29, 0.717) is 0 Å². The first kappa shape index (κ1) is 19.3. The van der Waals surface area contributed by atoms with Crippen molar-refractivity contribution in [3.8, 4) is 33.8 Å². The van der Waals surface area contributed by atoms with Crippen molar-refractivity contribution < 1.29 is 4.74 Å². The molecule has 156 valence electrons. The van der Waals surface area contributed by atoms with Crippen LogP contribution in [0, 0.1) is 0 Å². The average molecular weight is 423 g/mol. The lowest BCUT2D eigenvalue weighted by molar-refractivity contribution is 0.486. The van der Waals surface area contributed by atoms with E-state index in [1.807, 2.05) is 12.1 Å². The van der Waals surface area contributed by atoms with Crippen molar-refractivity contribution in [1.82, 2.24) is 0 Å². The van der Waals surface area contributed by atoms with Crippen LogP contribution < -0.4 is 4.74 Å². The van der Waals surface area contributed by atoms with Crippen LogP contribution in [0.3, 0.4) is 0 Å². The lowest BCUT2D eigenvalue weighted by Gasteiger charge is -2.16. The third kappa shape index (κ3) is 3.54. The highest BCUT2D eigenvalue weighted by Crippen LogP contribution is 2.41. The molecule has 0 saturated carbocycles. The summed E-state index contributed by atoms with van der Waals surface area (Å²) in [6, 6.07) is 46.4. The van der Waals surface area contributed by atoms with E-state index in [1.54, 1.807) is 0 Å². The van der Waals surface area contributed by atoms with Crippen LogP contribution in [0.5, 0.6) is 11.5 Å². The zero-order valence-corrected chi connectivity index (χ0v) is 18.1. The van der Waals surface area contributed by atoms with Gasteiger partial charge in [-0.25, -0.2) is 0 Å². The molecule has 6 rings (SSSR count). The second-order valence-corrected chi connectivity index (χ2v) is 8.15. The Kier molecular flexibility index (Phi) is 4.86. The Morgan fingerprint density at radius 3 is 1.18 bits per heavy atom. The maximum absolute atomic E-state index is 6.65. The maximum Gasteiger partial charge on any atom is 0.135 e. The Labute approximate surface area is 193 Å². The van der Waals surface area contributed by atoms with Crippen LogP contribution in [0.2, 0.25) is 0 Å². The molecule has 1 nitrogen and oxygen atoms in total. The van der Waals surface area contributed by atoms with Crippen molar-refractivity contribution in [2.45, 2.75) is 0 Å². The van der Waals surface area contributed by atoms with Gasteiger partial charge in [0.1, 0.15) is 11.5 Å². The molecule has 0 saturated heterocycles. The van der Waals surface area contributed by atoms with Gasteiger partial charge in [0.05, 0.1) is 0 Å². The number of fused-ring (bicyclic) bond motifs is 2. The van der Waals surface area contributed by atoms with Crippen molar-refractivity contribution in [2.24, 2.45) is 0 Å². The molecule has 0 aromatic heterocycles. The van der Waals surface area contributed by atoms with Gasteiger partial charge >= 0.3 is 0 Å². The first-order valence-electron chi connectivity index (χ1n) is 11.2. The summed E-state index contributed by atoms with van der Waals surface area (Å²) >= 11 is 0. The third-order valence-corrected chi connectivity index (χ3v) is 6.15. The number of rotatable bonds is 4. The summed E-state index contributed by atoms with van der Waals surface area (Å²) in [6.45, 7) is 0. The molecule has 0 bridgehead atoms. The second-order valence-electron chi connectivity index (χ2n) is 8.15. The monoisotopic (exact) mass is 422 g/mol. The van der Waals surface area contributed by atoms with Gasteiger partial charge in [-0.05, 0) is 44.8 Å². The summed E-state index contributed by atoms with van der Waals surface area (Å²) in [5.74, 6) is 1.70. The zero-order chi connectivity index (χ0) is 22.0. The van der Waals surface area contributed by atoms with Crippen LogP contribution in [0.4, 0.5) is 0 Å². The summed E-state index contributed by atoms with van der Waals surface area (Å²) < 4.78 is 6.65. The maximum atomic E-state index is 6.65. The number of hydrogen-bond acceptors (Lipinski definition) is 1. The fourth-order valence-electron chi connectivity index (χ4n) is 4.60. The van der Waals surface area contributed by atoms with E-state index < -0.39 is 0 Å². The molecule has 0 unspecified atom stereocenters. The SMILES string of the molecule is c1ccc(-c2cccc3ccccc23)c(Oc2ccccc2-c2cccc3ccccc23)c1. The zero-order valence-electron chi connectivity index (χ0n) is 18.1. The van der Waals surface area contributed by atoms with E-state index in [1.165, 1.54) is 32.7 Å². The molecule has 0 aliphatic carbocycles. The van der Waals surface area contributed by atoms with Crippen molar-refractivity contribution in [1.29, 1.82) is 0 Å². The molecule has 0 heterocycles. The number of para-hydroxylation sites is 2. The van der Waals surface area contributed by atoms with E-state index in [4.69, 9.17) is 4.74 Å². The predicted octanol–water partition coefficient (Wildman–Crippen LogP) is 9.12. The van der Waals surface area contributed by atoms with Crippen molar-refractivity contribution in [3.63, 3.8) is 0 Å². The van der Waals surface area contributed by atoms with Crippen LogP contribution in [0.15, 0.2) is 133 Å². The Bertz CT molecular complexity index is 1460. The smallest absolute Gasteiger partial charge is 0.135 e. The van der Waals surface area contributed by atoms with Gasteiger partial charge in [0, 0.05) is 11.1 Å². The van der Waals surface area contributed by atoms with Gasteiger partial charge in [-0.2, -0.15) is 0 Å². The molecule has 0 fully saturated rings. The number of benzene rings is 6. The van der Waals surface area contributed by atoms with Crippen LogP contribution in [0.1, 0.15) is 0 Å². The van der Waals surface area contributed by atoms with Crippen LogP contribution in [-0.2, 0) is 0 Å². The van der Waals surface area contributed by atoms with E-state index in [9.17, 15) is 0 Å². The topological polar surface area (TPSA) is 9.23 Å². The Hall–Kier alpha value is -4.36. The Morgan fingerprint density at radius 1 is 0.303 bits per heavy atom. The molecule has 0 amide bonds. The summed E-state index contributed by atoms with van der Waals surface area (Å²) in [5, 5.41) is 4.89. The van der Waals surface area contributed by atoms with Gasteiger partial charge in [-0.3, -0.25) is 0 Å². The van der Waals surface area contributed by atoms with E-state index in [-0.39, 0.29) is 0 Å². The highest BCUT2D eigenvalue weighted by Gasteiger charge is 2.14. The molecule has 33 heavy (non-hydrogen) atoms. The minimum atomic E-state index is 0.849. The van der Waals surface area contributed by atoms with Crippen molar-refractivity contribution >= 4 is 21.5 Å². The molecule has 0 atom stereocenters. The molecular weight excluding hydrogens is 400 g/mol. The van der Waals surface area contributed by atoms with Gasteiger partial charge < -0.3 is 4.74 Å². The van der Waals surface area contributed by atoms with Crippen LogP contribution >= 0.6 is 0 Å². The predicted molar refractivity (Wildman–Crippen MR) is 139 cm³/mol. The molecule has 1 heteroatoms. The van der Waals surface area contributed by atoms with Gasteiger partial charge in [0.15, 0.2) is 0 Å². The fraction of sp³-hybridized carbons (Fsp3) is 0. The van der Waals surface area contributed by atoms with E-state index in [2.05, 4.69) is 121 Å². The lowest BCUT2D eigenvalue weighted by atomic mass is 9.97. The molecule has 6 aromatic rings. The molecular formula is C32H22O. The number of ether oxygens (including phenoxy) is 1. The molecule has 0 aliphatic rings. The molecule has 0 radical (unpaired) electrons. The summed E-state index contributed by atoms with van der Waals surface area (Å²) in [6.07, 6.45) is 0. The van der Waals surface area contributed by atoms with Crippen molar-refractivity contribution in [2.75, 3.05) is 0 Å². The quantitative estimate of drug-likeness (QED) is 0.275. The average Bonchev–Trinajstić information content (AvgIpc) is 2.89. The Morgan fingerprint density at radius 2 is 0.667 bits per heavy atom. The van der Waals surface area contributed by atoms with Crippen LogP contribution in [0.25, 0.3) is 43.8 Å². The molecule has 0 N–H and O–H groups in total. The highest BCUT2D eigenvalue weighted by molar-refractivity contribution is 5.99. The minimum absolute atomic E-state index is 0.849. The van der Waals surface area contributed by atoms with Crippen LogP contribution in [-0.4, -0.2) is 0 Å². The molecule has 0 aliphatic heterocycles. The highest BCUT2D eigenvalue weighted by atomic mass is 16.5. The van der Waals surface area contributed by atoms with Gasteiger partial charge in [0.25, 0.3) is 0 Å². The van der Waals surface area contributed by atoms with Gasteiger partial charge in [-0.1, -0.05) is 121 Å². The summed E-state index contributed by atoms with van der Waals surface area (Å²) in [4.78, 5) is 0. The van der Waals surface area contributed by atoms with E-state index >= 15 is 0 Å². The first-order chi connectivity index (χ1) is 16.4. The fourth-order valence-corrected chi connectivity index (χ4v) is 4.60. The standard InChI is InChI=1S/C32H22O/c1-3-15-25-23(11-1)13-9-19-27(25)29-17-5-7-21-31(29)33-32-22-8-6-18-30(32)28-20-10-14-24-12-2-4-16-26(24)28/h1-22H. The largest absolute Gasteiger partial charge is 0.456 e. The Balaban J connectivity index is 1.49. The lowest BCUT2D eigenvalue weighted by Crippen LogP contribution is -1.92. The van der Waals surface area contributed by atoms with E-state index in [0.717, 1.165) is 22.6 Å². The minimum Gasteiger partial charge on any atom is -0.456 e. The normalized spacial score (nSPS) is 11.0. The summed E-state index contributed by atoms with van der Waals surface area (Å²) in [5.41, 5.74) is 4.52. The third-order valence-electron chi connectivity index (χ3n) is 6.15.